The Balaban J connectivity index is 1.94. The molecule has 1 amide bonds. The minimum atomic E-state index is -2.97. The van der Waals surface area contributed by atoms with Gasteiger partial charge in [-0.05, 0) is 13.8 Å². The molecule has 36 heavy (non-hydrogen) atoms. The number of halogens is 1. The van der Waals surface area contributed by atoms with Crippen molar-refractivity contribution >= 4 is 51.9 Å². The number of hydrogen-bond donors (Lipinski definition) is 2. The first-order valence-corrected chi connectivity index (χ1v) is 16.8. The number of alkyl halides is 1. The van der Waals surface area contributed by atoms with Gasteiger partial charge in [0.15, 0.2) is 0 Å². The molecule has 2 aromatic rings. The summed E-state index contributed by atoms with van der Waals surface area (Å²) in [4.78, 5) is 25.5. The summed E-state index contributed by atoms with van der Waals surface area (Å²) in [5.41, 5.74) is 8.46. The van der Waals surface area contributed by atoms with Gasteiger partial charge in [-0.1, -0.05) is 6.08 Å². The summed E-state index contributed by atoms with van der Waals surface area (Å²) in [6.45, 7) is 9.99. The number of nitrogens with zero attached hydrogens (tertiary/aromatic N) is 5. The van der Waals surface area contributed by atoms with Crippen LogP contribution in [0.3, 0.4) is 0 Å². The van der Waals surface area contributed by atoms with E-state index in [1.165, 1.54) is 0 Å². The zero-order chi connectivity index (χ0) is 26.5. The SMILES string of the molecule is C=I1(CC(=O)NC)C=C(c2nc([C@@](C)(c3ccc(C(/C=C/C)=C/N=C(C)N)nc3)C(C)C)no2)C=N1. The van der Waals surface area contributed by atoms with E-state index < -0.39 is 23.6 Å². The first-order valence-electron chi connectivity index (χ1n) is 11.5. The van der Waals surface area contributed by atoms with Crippen molar-refractivity contribution in [1.82, 2.24) is 20.4 Å². The van der Waals surface area contributed by atoms with Crippen molar-refractivity contribution in [2.45, 2.75) is 40.0 Å². The van der Waals surface area contributed by atoms with Gasteiger partial charge in [0.1, 0.15) is 0 Å². The molecule has 192 valence electrons. The molecule has 3 rings (SSSR count). The fourth-order valence-electron chi connectivity index (χ4n) is 3.57. The number of allylic oxidation sites excluding steroid dienone is 4. The quantitative estimate of drug-likeness (QED) is 0.145. The fourth-order valence-corrected chi connectivity index (χ4v) is 8.26. The summed E-state index contributed by atoms with van der Waals surface area (Å²) >= 11 is -2.97. The van der Waals surface area contributed by atoms with Crippen LogP contribution in [-0.4, -0.2) is 49.1 Å². The van der Waals surface area contributed by atoms with Crippen molar-refractivity contribution in [1.29, 1.82) is 0 Å². The standard InChI is InChI=1S/C26H34IN7O2/c1-8-9-19(14-30-18(4)28)22-11-10-21(16-31-22)26(5,17(2)3)25-33-24(36-34-25)20-12-27(6,32-15-20)13-23(35)29-7/h8-12,14-17H,6,13H2,1-5,7H3,(H2,28,30)(H,29,35)/b9-8+,19-14+/t26-/m1/s1. The Bertz CT molecular complexity index is 1310. The van der Waals surface area contributed by atoms with Crippen LogP contribution in [0.1, 0.15) is 57.6 Å². The third-order valence-electron chi connectivity index (χ3n) is 6.04. The van der Waals surface area contributed by atoms with Gasteiger partial charge in [-0.3, -0.25) is 0 Å². The van der Waals surface area contributed by atoms with Crippen molar-refractivity contribution in [2.24, 2.45) is 19.8 Å². The van der Waals surface area contributed by atoms with E-state index >= 15 is 0 Å². The maximum atomic E-state index is 11.9. The monoisotopic (exact) mass is 603 g/mol. The van der Waals surface area contributed by atoms with Gasteiger partial charge in [0.2, 0.25) is 0 Å². The average molecular weight is 604 g/mol. The van der Waals surface area contributed by atoms with Gasteiger partial charge in [0, 0.05) is 0 Å². The third kappa shape index (κ3) is 5.92. The molecule has 9 nitrogen and oxygen atoms in total. The van der Waals surface area contributed by atoms with E-state index in [2.05, 4.69) is 44.0 Å². The van der Waals surface area contributed by atoms with Crippen molar-refractivity contribution in [3.63, 3.8) is 0 Å². The molecule has 1 aliphatic heterocycles. The van der Waals surface area contributed by atoms with Gasteiger partial charge < -0.3 is 5.73 Å². The predicted octanol–water partition coefficient (Wildman–Crippen LogP) is 4.28. The number of pyridine rings is 1. The van der Waals surface area contributed by atoms with Crippen LogP contribution in [0.15, 0.2) is 53.5 Å². The molecule has 2 aromatic heterocycles. The Hall–Kier alpha value is -3.28. The number of nitrogens with two attached hydrogens (primary N) is 1. The average Bonchev–Trinajstić information content (AvgIpc) is 3.48. The molecule has 1 aliphatic rings. The number of amidine groups is 1. The molecule has 0 aliphatic carbocycles. The summed E-state index contributed by atoms with van der Waals surface area (Å²) in [6, 6.07) is 3.99. The Morgan fingerprint density at radius 2 is 2.14 bits per heavy atom. The van der Waals surface area contributed by atoms with Gasteiger partial charge in [-0.15, -0.1) is 0 Å². The number of hydrogen-bond acceptors (Lipinski definition) is 7. The Morgan fingerprint density at radius 1 is 1.39 bits per heavy atom. The maximum absolute atomic E-state index is 11.9. The van der Waals surface area contributed by atoms with Gasteiger partial charge in [-0.2, -0.15) is 0 Å². The topological polar surface area (TPSA) is 132 Å². The second-order valence-corrected chi connectivity index (χ2v) is 15.7. The molecule has 3 heterocycles. The van der Waals surface area contributed by atoms with Crippen molar-refractivity contribution < 1.29 is 9.32 Å². The molecule has 2 atom stereocenters. The van der Waals surface area contributed by atoms with Gasteiger partial charge >= 0.3 is 180 Å². The number of aliphatic imine (C=N–C) groups is 1. The van der Waals surface area contributed by atoms with E-state index in [-0.39, 0.29) is 11.8 Å². The van der Waals surface area contributed by atoms with E-state index in [4.69, 9.17) is 20.2 Å². The van der Waals surface area contributed by atoms with E-state index in [1.54, 1.807) is 26.4 Å². The number of aromatic nitrogens is 3. The molecule has 0 fully saturated rings. The van der Waals surface area contributed by atoms with Crippen molar-refractivity contribution in [2.75, 3.05) is 11.5 Å². The molecular weight excluding hydrogens is 569 g/mol. The van der Waals surface area contributed by atoms with Crippen LogP contribution in [-0.2, 0) is 10.2 Å². The van der Waals surface area contributed by atoms with Crippen LogP contribution in [0.2, 0.25) is 0 Å². The number of amides is 1. The van der Waals surface area contributed by atoms with Gasteiger partial charge in [-0.25, -0.2) is 4.99 Å². The van der Waals surface area contributed by atoms with E-state index in [0.29, 0.717) is 22.0 Å². The van der Waals surface area contributed by atoms with Crippen LogP contribution in [0.4, 0.5) is 0 Å². The van der Waals surface area contributed by atoms with E-state index in [9.17, 15) is 4.79 Å². The Morgan fingerprint density at radius 3 is 2.72 bits per heavy atom. The van der Waals surface area contributed by atoms with Gasteiger partial charge in [0.25, 0.3) is 0 Å². The molecule has 10 heteroatoms. The molecule has 1 unspecified atom stereocenters. The van der Waals surface area contributed by atoms with E-state index in [1.807, 2.05) is 41.5 Å². The third-order valence-corrected chi connectivity index (χ3v) is 11.3. The summed E-state index contributed by atoms with van der Waals surface area (Å²) in [7, 11) is 1.61. The summed E-state index contributed by atoms with van der Waals surface area (Å²) in [5, 5.41) is 6.98. The van der Waals surface area contributed by atoms with E-state index in [0.717, 1.165) is 22.4 Å². The summed E-state index contributed by atoms with van der Waals surface area (Å²) < 4.78 is 16.7. The predicted molar refractivity (Wildman–Crippen MR) is 156 cm³/mol. The van der Waals surface area contributed by atoms with Crippen LogP contribution < -0.4 is 11.1 Å². The first kappa shape index (κ1) is 27.3. The number of rotatable bonds is 9. The van der Waals surface area contributed by atoms with Crippen LogP contribution in [0.25, 0.3) is 11.1 Å². The summed E-state index contributed by atoms with van der Waals surface area (Å²) in [5.74, 6) is 1.50. The van der Waals surface area contributed by atoms with Crippen LogP contribution in [0.5, 0.6) is 0 Å². The number of carbonyl (C=O) groups excluding carboxylic acids is 1. The zero-order valence-electron chi connectivity index (χ0n) is 21.6. The molecule has 0 saturated carbocycles. The number of nitrogens with one attached hydrogen (secondary N) is 1. The first-order chi connectivity index (χ1) is 17.0. The second-order valence-electron chi connectivity index (χ2n) is 9.00. The fraction of sp³-hybridized carbons (Fsp3) is 0.346. The normalized spacial score (nSPS) is 21.9. The zero-order valence-corrected chi connectivity index (χ0v) is 23.8. The molecular formula is C26H34IN7O2. The Labute approximate surface area is 216 Å². The second kappa shape index (κ2) is 11.2. The van der Waals surface area contributed by atoms with Gasteiger partial charge in [0.05, 0.1) is 5.84 Å². The molecule has 0 spiro atoms. The van der Waals surface area contributed by atoms with Crippen molar-refractivity contribution in [3.8, 4) is 0 Å². The van der Waals surface area contributed by atoms with Crippen LogP contribution in [0, 0.1) is 5.92 Å². The van der Waals surface area contributed by atoms with Crippen LogP contribution >= 0.6 is 18.2 Å². The molecule has 3 N–H and O–H groups in total. The number of carbonyl (C=O) groups is 1. The molecule has 0 radical (unpaired) electrons. The molecule has 0 bridgehead atoms. The molecule has 0 aromatic carbocycles. The van der Waals surface area contributed by atoms with Crippen molar-refractivity contribution in [3.05, 3.63) is 63.7 Å². The Kier molecular flexibility index (Phi) is 8.49. The summed E-state index contributed by atoms with van der Waals surface area (Å²) in [6.07, 6.45) is 9.13. The minimum absolute atomic E-state index is 0.0667. The molecule has 0 saturated heterocycles.